The molecule has 7 heteroatoms. The summed E-state index contributed by atoms with van der Waals surface area (Å²) in [7, 11) is 0. The van der Waals surface area contributed by atoms with Crippen LogP contribution in [0.25, 0.3) is 0 Å². The van der Waals surface area contributed by atoms with Gasteiger partial charge < -0.3 is 19.5 Å². The summed E-state index contributed by atoms with van der Waals surface area (Å²) < 4.78 is 17.0. The highest BCUT2D eigenvalue weighted by atomic mass is 16.8. The van der Waals surface area contributed by atoms with Gasteiger partial charge in [-0.3, -0.25) is 9.59 Å². The number of hydrogen-bond donors (Lipinski definition) is 1. The van der Waals surface area contributed by atoms with Gasteiger partial charge in [0.05, 0.1) is 12.2 Å². The number of carbonyl (C=O) groups excluding carboxylic acids is 3. The van der Waals surface area contributed by atoms with E-state index in [0.717, 1.165) is 5.56 Å². The van der Waals surface area contributed by atoms with Crippen molar-refractivity contribution < 1.29 is 28.6 Å². The van der Waals surface area contributed by atoms with Crippen LogP contribution in [0.2, 0.25) is 0 Å². The Morgan fingerprint density at radius 2 is 1.87 bits per heavy atom. The van der Waals surface area contributed by atoms with Crippen molar-refractivity contribution in [3.63, 3.8) is 0 Å². The van der Waals surface area contributed by atoms with Gasteiger partial charge in [0.1, 0.15) is 5.75 Å². The van der Waals surface area contributed by atoms with Gasteiger partial charge in [0.2, 0.25) is 17.2 Å². The third-order valence-electron chi connectivity index (χ3n) is 5.54. The van der Waals surface area contributed by atoms with E-state index in [-0.39, 0.29) is 12.5 Å². The molecular formula is C23H23NO6. The van der Waals surface area contributed by atoms with Crippen LogP contribution >= 0.6 is 0 Å². The number of fused-ring (bicyclic) bond motifs is 5. The zero-order valence-corrected chi connectivity index (χ0v) is 17.3. The second-order valence-corrected chi connectivity index (χ2v) is 7.72. The van der Waals surface area contributed by atoms with Crippen molar-refractivity contribution in [2.45, 2.75) is 44.9 Å². The summed E-state index contributed by atoms with van der Waals surface area (Å²) in [5.41, 5.74) is 0.347. The zero-order valence-electron chi connectivity index (χ0n) is 17.3. The maximum Gasteiger partial charge on any atom is 0.511 e. The van der Waals surface area contributed by atoms with Gasteiger partial charge in [-0.05, 0) is 24.5 Å². The predicted molar refractivity (Wildman–Crippen MR) is 107 cm³/mol. The first-order valence-electron chi connectivity index (χ1n) is 9.89. The number of rotatable bonds is 4. The lowest BCUT2D eigenvalue weighted by Crippen LogP contribution is -2.61. The lowest BCUT2D eigenvalue weighted by molar-refractivity contribution is -0.188. The Labute approximate surface area is 174 Å². The van der Waals surface area contributed by atoms with E-state index in [1.807, 2.05) is 26.0 Å². The molecule has 4 rings (SSSR count). The number of benzene rings is 2. The van der Waals surface area contributed by atoms with E-state index in [9.17, 15) is 14.4 Å². The Morgan fingerprint density at radius 3 is 2.53 bits per heavy atom. The Balaban J connectivity index is 2.01. The summed E-state index contributed by atoms with van der Waals surface area (Å²) in [5, 5.41) is 2.76. The molecule has 0 aromatic heterocycles. The van der Waals surface area contributed by atoms with E-state index in [0.29, 0.717) is 22.4 Å². The van der Waals surface area contributed by atoms with Crippen LogP contribution in [-0.4, -0.2) is 24.5 Å². The first kappa shape index (κ1) is 19.9. The van der Waals surface area contributed by atoms with Crippen molar-refractivity contribution in [2.24, 2.45) is 0 Å². The van der Waals surface area contributed by atoms with Gasteiger partial charge in [0.25, 0.3) is 0 Å². The van der Waals surface area contributed by atoms with Gasteiger partial charge in [0, 0.05) is 18.1 Å². The monoisotopic (exact) mass is 409 g/mol. The molecule has 0 spiro atoms. The minimum absolute atomic E-state index is 0.0854. The number of ketones is 1. The largest absolute Gasteiger partial charge is 0.511 e. The average molecular weight is 409 g/mol. The summed E-state index contributed by atoms with van der Waals surface area (Å²) in [6, 6.07) is 12.2. The summed E-state index contributed by atoms with van der Waals surface area (Å²) in [6.45, 7) is 7.11. The van der Waals surface area contributed by atoms with Crippen molar-refractivity contribution in [1.82, 2.24) is 5.32 Å². The fraction of sp³-hybridized carbons (Fsp3) is 0.348. The average Bonchev–Trinajstić information content (AvgIpc) is 3.06. The number of ether oxygens (including phenoxy) is 3. The number of nitrogens with one attached hydrogen (secondary N) is 1. The minimum atomic E-state index is -1.91. The summed E-state index contributed by atoms with van der Waals surface area (Å²) in [6.07, 6.45) is -0.992. The van der Waals surface area contributed by atoms with Gasteiger partial charge in [-0.25, -0.2) is 4.79 Å². The molecule has 2 aromatic carbocycles. The minimum Gasteiger partial charge on any atom is -0.445 e. The smallest absolute Gasteiger partial charge is 0.445 e. The Morgan fingerprint density at radius 1 is 1.13 bits per heavy atom. The van der Waals surface area contributed by atoms with E-state index in [2.05, 4.69) is 5.32 Å². The second kappa shape index (κ2) is 6.86. The molecule has 1 aliphatic carbocycles. The molecule has 30 heavy (non-hydrogen) atoms. The quantitative estimate of drug-likeness (QED) is 0.774. The topological polar surface area (TPSA) is 90.9 Å². The standard InChI is InChI=1S/C23H23NO6/c1-5-28-21(27)30-23-17-9-7-6-8-16(17)20(26)22(23,24-14(4)25)18-11-10-15(13(2)3)12-19(18)29-23/h6-13H,5H2,1-4H3,(H,24,25). The lowest BCUT2D eigenvalue weighted by Gasteiger charge is -2.36. The highest BCUT2D eigenvalue weighted by Crippen LogP contribution is 2.60. The molecule has 0 saturated heterocycles. The third kappa shape index (κ3) is 2.54. The number of Topliss-reactive ketones (excluding diaryl/α,β-unsaturated/α-hetero) is 1. The molecule has 1 heterocycles. The SMILES string of the molecule is CCOC(=O)OC12Oc3cc(C(C)C)ccc3C1(NC(C)=O)C(=O)c1ccccc12. The van der Waals surface area contributed by atoms with Crippen LogP contribution in [-0.2, 0) is 25.6 Å². The molecule has 0 fully saturated rings. The fourth-order valence-corrected chi connectivity index (χ4v) is 4.29. The third-order valence-corrected chi connectivity index (χ3v) is 5.54. The van der Waals surface area contributed by atoms with Crippen molar-refractivity contribution in [2.75, 3.05) is 6.61 Å². The van der Waals surface area contributed by atoms with E-state index in [1.54, 1.807) is 37.3 Å². The van der Waals surface area contributed by atoms with Gasteiger partial charge in [0.15, 0.2) is 0 Å². The molecule has 2 atom stereocenters. The van der Waals surface area contributed by atoms with Crippen LogP contribution in [0, 0.1) is 0 Å². The molecular weight excluding hydrogens is 386 g/mol. The zero-order chi connectivity index (χ0) is 21.7. The highest BCUT2D eigenvalue weighted by molar-refractivity contribution is 6.12. The van der Waals surface area contributed by atoms with E-state index in [1.165, 1.54) is 6.92 Å². The molecule has 0 saturated carbocycles. The maximum absolute atomic E-state index is 13.7. The Kier molecular flexibility index (Phi) is 4.56. The molecule has 0 bridgehead atoms. The van der Waals surface area contributed by atoms with Crippen molar-refractivity contribution in [3.05, 3.63) is 64.7 Å². The maximum atomic E-state index is 13.7. The first-order valence-corrected chi connectivity index (χ1v) is 9.89. The first-order chi connectivity index (χ1) is 14.3. The van der Waals surface area contributed by atoms with Gasteiger partial charge in [-0.2, -0.15) is 0 Å². The molecule has 1 aliphatic heterocycles. The molecule has 2 unspecified atom stereocenters. The molecule has 7 nitrogen and oxygen atoms in total. The molecule has 2 aliphatic rings. The van der Waals surface area contributed by atoms with Gasteiger partial charge in [-0.15, -0.1) is 0 Å². The van der Waals surface area contributed by atoms with Crippen molar-refractivity contribution in [1.29, 1.82) is 0 Å². The van der Waals surface area contributed by atoms with Crippen LogP contribution in [0.4, 0.5) is 4.79 Å². The summed E-state index contributed by atoms with van der Waals surface area (Å²) >= 11 is 0. The number of carbonyl (C=O) groups is 3. The number of amides is 1. The van der Waals surface area contributed by atoms with Crippen molar-refractivity contribution in [3.8, 4) is 5.75 Å². The molecule has 1 N–H and O–H groups in total. The van der Waals surface area contributed by atoms with Crippen LogP contribution in [0.1, 0.15) is 60.7 Å². The van der Waals surface area contributed by atoms with Crippen LogP contribution in [0.15, 0.2) is 42.5 Å². The predicted octanol–water partition coefficient (Wildman–Crippen LogP) is 3.76. The molecule has 1 amide bonds. The normalized spacial score (nSPS) is 23.3. The summed E-state index contributed by atoms with van der Waals surface area (Å²) in [4.78, 5) is 38.5. The van der Waals surface area contributed by atoms with E-state index < -0.39 is 29.2 Å². The van der Waals surface area contributed by atoms with Crippen molar-refractivity contribution >= 4 is 17.8 Å². The Hall–Kier alpha value is -3.35. The van der Waals surface area contributed by atoms with E-state index >= 15 is 0 Å². The van der Waals surface area contributed by atoms with Crippen LogP contribution < -0.4 is 10.1 Å². The summed E-state index contributed by atoms with van der Waals surface area (Å²) in [5.74, 6) is -2.19. The lowest BCUT2D eigenvalue weighted by atomic mass is 9.82. The molecule has 156 valence electrons. The van der Waals surface area contributed by atoms with Crippen LogP contribution in [0.3, 0.4) is 0 Å². The molecule has 0 radical (unpaired) electrons. The fourth-order valence-electron chi connectivity index (χ4n) is 4.29. The van der Waals surface area contributed by atoms with Gasteiger partial charge >= 0.3 is 11.9 Å². The Bertz CT molecular complexity index is 1060. The number of hydrogen-bond acceptors (Lipinski definition) is 6. The highest BCUT2D eigenvalue weighted by Gasteiger charge is 2.74. The molecule has 2 aromatic rings. The van der Waals surface area contributed by atoms with Crippen LogP contribution in [0.5, 0.6) is 5.75 Å². The van der Waals surface area contributed by atoms with E-state index in [4.69, 9.17) is 14.2 Å². The second-order valence-electron chi connectivity index (χ2n) is 7.72. The van der Waals surface area contributed by atoms with Gasteiger partial charge in [-0.1, -0.05) is 50.2 Å².